The Balaban J connectivity index is 1.35. The summed E-state index contributed by atoms with van der Waals surface area (Å²) in [6.07, 6.45) is 5.47. The van der Waals surface area contributed by atoms with E-state index in [0.29, 0.717) is 6.61 Å². The summed E-state index contributed by atoms with van der Waals surface area (Å²) in [7, 11) is 2.01. The number of rotatable bonds is 5. The van der Waals surface area contributed by atoms with Gasteiger partial charge in [0, 0.05) is 36.8 Å². The van der Waals surface area contributed by atoms with Gasteiger partial charge in [0.05, 0.1) is 16.7 Å². The molecule has 0 spiro atoms. The van der Waals surface area contributed by atoms with Crippen LogP contribution < -0.4 is 4.74 Å². The Hall–Kier alpha value is -3.93. The third-order valence-corrected chi connectivity index (χ3v) is 5.01. The fourth-order valence-electron chi connectivity index (χ4n) is 3.44. The molecule has 5 rings (SSSR count). The summed E-state index contributed by atoms with van der Waals surface area (Å²) in [6, 6.07) is 20.0. The number of hydrogen-bond donors (Lipinski definition) is 1. The number of H-pyrrole nitrogens is 1. The lowest BCUT2D eigenvalue weighted by atomic mass is 10.0. The number of aryl methyl sites for hydroxylation is 1. The zero-order valence-electron chi connectivity index (χ0n) is 15.9. The fourth-order valence-corrected chi connectivity index (χ4v) is 3.44. The molecule has 0 bridgehead atoms. The minimum atomic E-state index is 0.412. The van der Waals surface area contributed by atoms with Crippen LogP contribution in [0.25, 0.3) is 33.4 Å². The van der Waals surface area contributed by atoms with E-state index >= 15 is 0 Å². The van der Waals surface area contributed by atoms with Gasteiger partial charge in [0.15, 0.2) is 0 Å². The first-order valence-electron chi connectivity index (χ1n) is 9.37. The Bertz CT molecular complexity index is 1260. The van der Waals surface area contributed by atoms with Gasteiger partial charge >= 0.3 is 0 Å². The van der Waals surface area contributed by atoms with Crippen LogP contribution in [0.1, 0.15) is 5.82 Å². The molecular weight excluding hydrogens is 362 g/mol. The predicted octanol–water partition coefficient (Wildman–Crippen LogP) is 4.60. The van der Waals surface area contributed by atoms with E-state index in [4.69, 9.17) is 4.74 Å². The number of fused-ring (bicyclic) bond motifs is 1. The lowest BCUT2D eigenvalue weighted by molar-refractivity contribution is 0.292. The van der Waals surface area contributed by atoms with Crippen molar-refractivity contribution in [2.24, 2.45) is 7.05 Å². The van der Waals surface area contributed by atoms with Gasteiger partial charge in [-0.15, -0.1) is 0 Å². The van der Waals surface area contributed by atoms with E-state index in [0.717, 1.165) is 45.0 Å². The first-order chi connectivity index (χ1) is 14.3. The lowest BCUT2D eigenvalue weighted by Crippen LogP contribution is -2.03. The summed E-state index contributed by atoms with van der Waals surface area (Å²) in [5, 5.41) is 7.39. The van der Waals surface area contributed by atoms with E-state index in [-0.39, 0.29) is 0 Å². The highest BCUT2D eigenvalue weighted by molar-refractivity contribution is 5.80. The fraction of sp³-hybridized carbons (Fsp3) is 0.0870. The predicted molar refractivity (Wildman–Crippen MR) is 112 cm³/mol. The molecule has 5 aromatic rings. The molecule has 0 saturated carbocycles. The van der Waals surface area contributed by atoms with Crippen LogP contribution in [0.5, 0.6) is 5.75 Å². The number of pyridine rings is 1. The van der Waals surface area contributed by atoms with Crippen molar-refractivity contribution in [3.05, 3.63) is 85.1 Å². The second kappa shape index (κ2) is 7.24. The molecule has 142 valence electrons. The maximum absolute atomic E-state index is 5.97. The van der Waals surface area contributed by atoms with Gasteiger partial charge in [-0.1, -0.05) is 12.1 Å². The smallest absolute Gasteiger partial charge is 0.147 e. The zero-order chi connectivity index (χ0) is 19.6. The second-order valence-electron chi connectivity index (χ2n) is 6.77. The third-order valence-electron chi connectivity index (χ3n) is 5.01. The summed E-state index contributed by atoms with van der Waals surface area (Å²) in [6.45, 7) is 0.412. The maximum Gasteiger partial charge on any atom is 0.147 e. The molecule has 0 unspecified atom stereocenters. The van der Waals surface area contributed by atoms with Gasteiger partial charge in [0.25, 0.3) is 0 Å². The first kappa shape index (κ1) is 17.2. The van der Waals surface area contributed by atoms with Gasteiger partial charge in [-0.3, -0.25) is 10.1 Å². The van der Waals surface area contributed by atoms with E-state index in [1.165, 1.54) is 0 Å². The van der Waals surface area contributed by atoms with Crippen LogP contribution in [0.2, 0.25) is 0 Å². The molecule has 3 heterocycles. The number of hydrogen-bond acceptors (Lipinski definition) is 4. The molecule has 0 aliphatic carbocycles. The summed E-state index contributed by atoms with van der Waals surface area (Å²) in [5.74, 6) is 1.68. The van der Waals surface area contributed by atoms with Crippen molar-refractivity contribution < 1.29 is 4.74 Å². The third kappa shape index (κ3) is 3.25. The lowest BCUT2D eigenvalue weighted by Gasteiger charge is -2.08. The zero-order valence-corrected chi connectivity index (χ0v) is 15.9. The summed E-state index contributed by atoms with van der Waals surface area (Å²) in [4.78, 5) is 8.73. The van der Waals surface area contributed by atoms with Crippen molar-refractivity contribution >= 4 is 11.0 Å². The summed E-state index contributed by atoms with van der Waals surface area (Å²) < 4.78 is 8.03. The molecule has 0 fully saturated rings. The second-order valence-corrected chi connectivity index (χ2v) is 6.77. The molecule has 0 aliphatic rings. The van der Waals surface area contributed by atoms with E-state index in [1.54, 1.807) is 12.4 Å². The van der Waals surface area contributed by atoms with Gasteiger partial charge < -0.3 is 9.30 Å². The van der Waals surface area contributed by atoms with Crippen LogP contribution in [0, 0.1) is 0 Å². The minimum absolute atomic E-state index is 0.412. The van der Waals surface area contributed by atoms with Gasteiger partial charge in [-0.05, 0) is 54.1 Å². The topological polar surface area (TPSA) is 68.6 Å². The molecule has 6 heteroatoms. The van der Waals surface area contributed by atoms with Gasteiger partial charge in [0.1, 0.15) is 18.2 Å². The molecular formula is C23H19N5O. The first-order valence-corrected chi connectivity index (χ1v) is 9.37. The number of para-hydroxylation sites is 2. The van der Waals surface area contributed by atoms with Crippen LogP contribution in [-0.4, -0.2) is 24.7 Å². The van der Waals surface area contributed by atoms with Crippen molar-refractivity contribution in [3.8, 4) is 28.1 Å². The van der Waals surface area contributed by atoms with Crippen molar-refractivity contribution in [1.29, 1.82) is 0 Å². The Morgan fingerprint density at radius 2 is 1.72 bits per heavy atom. The standard InChI is InChI=1S/C23H19N5O/c1-28-21-5-3-2-4-20(21)26-22(28)15-29-18-8-6-17(7-9-18)23-19(14-25-27-23)16-10-12-24-13-11-16/h2-14H,15H2,1H3,(H,25,27). The van der Waals surface area contributed by atoms with Crippen molar-refractivity contribution in [2.75, 3.05) is 0 Å². The molecule has 0 aliphatic heterocycles. The Kier molecular flexibility index (Phi) is 4.29. The normalized spacial score (nSPS) is 11.1. The minimum Gasteiger partial charge on any atom is -0.486 e. The molecule has 3 aromatic heterocycles. The Labute approximate surface area is 167 Å². The van der Waals surface area contributed by atoms with Crippen molar-refractivity contribution in [2.45, 2.75) is 6.61 Å². The summed E-state index contributed by atoms with van der Waals surface area (Å²) in [5.41, 5.74) is 6.12. The van der Waals surface area contributed by atoms with E-state index in [9.17, 15) is 0 Å². The average Bonchev–Trinajstić information content (AvgIpc) is 3.39. The van der Waals surface area contributed by atoms with Crippen LogP contribution in [0.4, 0.5) is 0 Å². The molecule has 2 aromatic carbocycles. The molecule has 0 saturated heterocycles. The number of aromatic nitrogens is 5. The highest BCUT2D eigenvalue weighted by Crippen LogP contribution is 2.30. The maximum atomic E-state index is 5.97. The van der Waals surface area contributed by atoms with Gasteiger partial charge in [-0.2, -0.15) is 5.10 Å². The number of nitrogens with zero attached hydrogens (tertiary/aromatic N) is 4. The molecule has 6 nitrogen and oxygen atoms in total. The van der Waals surface area contributed by atoms with Gasteiger partial charge in [-0.25, -0.2) is 4.98 Å². The highest BCUT2D eigenvalue weighted by atomic mass is 16.5. The monoisotopic (exact) mass is 381 g/mol. The van der Waals surface area contributed by atoms with Crippen LogP contribution >= 0.6 is 0 Å². The van der Waals surface area contributed by atoms with Gasteiger partial charge in [0.2, 0.25) is 0 Å². The molecule has 29 heavy (non-hydrogen) atoms. The Morgan fingerprint density at radius 1 is 0.931 bits per heavy atom. The van der Waals surface area contributed by atoms with Crippen LogP contribution in [0.3, 0.4) is 0 Å². The SMILES string of the molecule is Cn1c(COc2ccc(-c3n[nH]cc3-c3ccncc3)cc2)nc2ccccc21. The van der Waals surface area contributed by atoms with Crippen molar-refractivity contribution in [3.63, 3.8) is 0 Å². The summed E-state index contributed by atoms with van der Waals surface area (Å²) >= 11 is 0. The molecule has 0 atom stereocenters. The molecule has 1 N–H and O–H groups in total. The number of imidazole rings is 1. The van der Waals surface area contributed by atoms with E-state index in [2.05, 4.69) is 30.8 Å². The number of nitrogens with one attached hydrogen (secondary N) is 1. The number of ether oxygens (including phenoxy) is 1. The highest BCUT2D eigenvalue weighted by Gasteiger charge is 2.11. The molecule has 0 radical (unpaired) electrons. The van der Waals surface area contributed by atoms with Crippen LogP contribution in [0.15, 0.2) is 79.3 Å². The molecule has 0 amide bonds. The average molecular weight is 381 g/mol. The van der Waals surface area contributed by atoms with E-state index in [1.807, 2.05) is 67.8 Å². The largest absolute Gasteiger partial charge is 0.486 e. The number of aromatic amines is 1. The van der Waals surface area contributed by atoms with Crippen molar-refractivity contribution in [1.82, 2.24) is 24.7 Å². The number of benzene rings is 2. The van der Waals surface area contributed by atoms with Crippen LogP contribution in [-0.2, 0) is 13.7 Å². The Morgan fingerprint density at radius 3 is 2.52 bits per heavy atom. The quantitative estimate of drug-likeness (QED) is 0.483. The van der Waals surface area contributed by atoms with E-state index < -0.39 is 0 Å².